The highest BCUT2D eigenvalue weighted by Gasteiger charge is 2.47. The monoisotopic (exact) mass is 358 g/mol. The van der Waals surface area contributed by atoms with E-state index in [0.29, 0.717) is 0 Å². The molecule has 0 amide bonds. The van der Waals surface area contributed by atoms with Crippen LogP contribution in [-0.2, 0) is 12.4 Å². The molecule has 2 rings (SSSR count). The van der Waals surface area contributed by atoms with Crippen molar-refractivity contribution in [3.8, 4) is 11.1 Å². The standard InChI is InChI=1S/C14H6Cl2F6/c15-9-6-8(7-4-2-1-3-5-7)10(13(17,18)19)11(12(9)16)14(20,21)22/h1-6H. The van der Waals surface area contributed by atoms with Crippen LogP contribution in [0.25, 0.3) is 11.1 Å². The van der Waals surface area contributed by atoms with Gasteiger partial charge in [-0.15, -0.1) is 0 Å². The number of hydrogen-bond donors (Lipinski definition) is 0. The van der Waals surface area contributed by atoms with Gasteiger partial charge in [-0.2, -0.15) is 26.3 Å². The van der Waals surface area contributed by atoms with Gasteiger partial charge in [0.15, 0.2) is 0 Å². The van der Waals surface area contributed by atoms with Gasteiger partial charge in [-0.1, -0.05) is 53.5 Å². The summed E-state index contributed by atoms with van der Waals surface area (Å²) in [6, 6.07) is 7.65. The summed E-state index contributed by atoms with van der Waals surface area (Å²) in [4.78, 5) is 0. The molecule has 0 unspecified atom stereocenters. The van der Waals surface area contributed by atoms with Crippen molar-refractivity contribution in [3.05, 3.63) is 57.6 Å². The fourth-order valence-corrected chi connectivity index (χ4v) is 2.49. The normalized spacial score (nSPS) is 12.5. The number of benzene rings is 2. The second-order valence-corrected chi connectivity index (χ2v) is 5.12. The summed E-state index contributed by atoms with van der Waals surface area (Å²) in [6.07, 6.45) is -10.5. The Bertz CT molecular complexity index is 689. The van der Waals surface area contributed by atoms with Crippen LogP contribution in [0.3, 0.4) is 0 Å². The van der Waals surface area contributed by atoms with Crippen LogP contribution in [0.5, 0.6) is 0 Å². The number of alkyl halides is 6. The second-order valence-electron chi connectivity index (χ2n) is 4.33. The lowest BCUT2D eigenvalue weighted by molar-refractivity contribution is -0.161. The molecule has 0 saturated carbocycles. The van der Waals surface area contributed by atoms with Crippen molar-refractivity contribution in [3.63, 3.8) is 0 Å². The van der Waals surface area contributed by atoms with Crippen LogP contribution in [0.1, 0.15) is 11.1 Å². The molecule has 0 radical (unpaired) electrons. The average Bonchev–Trinajstić information content (AvgIpc) is 2.39. The van der Waals surface area contributed by atoms with E-state index in [0.717, 1.165) is 6.07 Å². The second kappa shape index (κ2) is 5.66. The molecule has 0 N–H and O–H groups in total. The van der Waals surface area contributed by atoms with Crippen LogP contribution in [-0.4, -0.2) is 0 Å². The van der Waals surface area contributed by atoms with E-state index in [-0.39, 0.29) is 5.56 Å². The first-order chi connectivity index (χ1) is 10.0. The van der Waals surface area contributed by atoms with E-state index in [9.17, 15) is 26.3 Å². The Labute approximate surface area is 131 Å². The Morgan fingerprint density at radius 3 is 1.68 bits per heavy atom. The molecule has 0 aliphatic rings. The molecule has 0 fully saturated rings. The van der Waals surface area contributed by atoms with Crippen molar-refractivity contribution >= 4 is 23.2 Å². The van der Waals surface area contributed by atoms with Crippen molar-refractivity contribution in [2.75, 3.05) is 0 Å². The molecular formula is C14H6Cl2F6. The molecule has 2 aromatic carbocycles. The Morgan fingerprint density at radius 1 is 0.727 bits per heavy atom. The molecule has 0 spiro atoms. The minimum atomic E-state index is -5.30. The van der Waals surface area contributed by atoms with Gasteiger partial charge in [-0.25, -0.2) is 0 Å². The van der Waals surface area contributed by atoms with E-state index in [1.807, 2.05) is 0 Å². The highest BCUT2D eigenvalue weighted by Crippen LogP contribution is 2.50. The van der Waals surface area contributed by atoms with Crippen molar-refractivity contribution in [1.29, 1.82) is 0 Å². The van der Waals surface area contributed by atoms with Gasteiger partial charge in [0, 0.05) is 0 Å². The summed E-state index contributed by atoms with van der Waals surface area (Å²) >= 11 is 11.0. The maximum absolute atomic E-state index is 13.2. The molecule has 118 valence electrons. The summed E-state index contributed by atoms with van der Waals surface area (Å²) in [7, 11) is 0. The summed E-state index contributed by atoms with van der Waals surface area (Å²) in [5.74, 6) is 0. The minimum absolute atomic E-state index is 0.0427. The third kappa shape index (κ3) is 3.17. The van der Waals surface area contributed by atoms with E-state index in [4.69, 9.17) is 23.2 Å². The lowest BCUT2D eigenvalue weighted by Crippen LogP contribution is -2.19. The Kier molecular flexibility index (Phi) is 4.37. The molecular weight excluding hydrogens is 353 g/mol. The van der Waals surface area contributed by atoms with Crippen molar-refractivity contribution in [2.24, 2.45) is 0 Å². The molecule has 0 saturated heterocycles. The van der Waals surface area contributed by atoms with Gasteiger partial charge in [-0.05, 0) is 17.2 Å². The quantitative estimate of drug-likeness (QED) is 0.497. The van der Waals surface area contributed by atoms with E-state index < -0.39 is 39.1 Å². The van der Waals surface area contributed by atoms with Crippen LogP contribution in [0.4, 0.5) is 26.3 Å². The molecule has 0 aliphatic heterocycles. The predicted octanol–water partition coefficient (Wildman–Crippen LogP) is 6.70. The maximum atomic E-state index is 13.2. The summed E-state index contributed by atoms with van der Waals surface area (Å²) < 4.78 is 78.9. The van der Waals surface area contributed by atoms with Gasteiger partial charge in [0.25, 0.3) is 0 Å². The van der Waals surface area contributed by atoms with Gasteiger partial charge in [0.05, 0.1) is 21.2 Å². The largest absolute Gasteiger partial charge is 0.418 e. The zero-order valence-electron chi connectivity index (χ0n) is 10.5. The van der Waals surface area contributed by atoms with Crippen molar-refractivity contribution < 1.29 is 26.3 Å². The van der Waals surface area contributed by atoms with Crippen molar-refractivity contribution in [2.45, 2.75) is 12.4 Å². The maximum Gasteiger partial charge on any atom is 0.418 e. The number of halogens is 8. The fraction of sp³-hybridized carbons (Fsp3) is 0.143. The Hall–Kier alpha value is -1.40. The number of rotatable bonds is 1. The molecule has 2 aromatic rings. The molecule has 22 heavy (non-hydrogen) atoms. The summed E-state index contributed by atoms with van der Waals surface area (Å²) in [6.45, 7) is 0. The van der Waals surface area contributed by atoms with E-state index >= 15 is 0 Å². The SMILES string of the molecule is FC(F)(F)c1c(-c2ccccc2)cc(Cl)c(Cl)c1C(F)(F)F. The minimum Gasteiger partial charge on any atom is -0.166 e. The van der Waals surface area contributed by atoms with E-state index in [1.54, 1.807) is 0 Å². The molecule has 0 heterocycles. The van der Waals surface area contributed by atoms with Crippen LogP contribution >= 0.6 is 23.2 Å². The smallest absolute Gasteiger partial charge is 0.166 e. The average molecular weight is 359 g/mol. The first kappa shape index (κ1) is 17.0. The lowest BCUT2D eigenvalue weighted by atomic mass is 9.94. The molecule has 0 atom stereocenters. The fourth-order valence-electron chi connectivity index (χ4n) is 2.03. The van der Waals surface area contributed by atoms with Crippen LogP contribution in [0.15, 0.2) is 36.4 Å². The van der Waals surface area contributed by atoms with Gasteiger partial charge < -0.3 is 0 Å². The van der Waals surface area contributed by atoms with E-state index in [2.05, 4.69) is 0 Å². The van der Waals surface area contributed by atoms with Gasteiger partial charge >= 0.3 is 12.4 Å². The zero-order chi connectivity index (χ0) is 16.7. The molecule has 0 bridgehead atoms. The molecule has 0 aliphatic carbocycles. The Balaban J connectivity index is 2.94. The van der Waals surface area contributed by atoms with Crippen LogP contribution < -0.4 is 0 Å². The first-order valence-electron chi connectivity index (χ1n) is 5.75. The highest BCUT2D eigenvalue weighted by atomic mass is 35.5. The topological polar surface area (TPSA) is 0 Å². The van der Waals surface area contributed by atoms with Crippen LogP contribution in [0, 0.1) is 0 Å². The van der Waals surface area contributed by atoms with Gasteiger partial charge in [0.1, 0.15) is 0 Å². The highest BCUT2D eigenvalue weighted by molar-refractivity contribution is 6.42. The predicted molar refractivity (Wildman–Crippen MR) is 71.9 cm³/mol. The summed E-state index contributed by atoms with van der Waals surface area (Å²) in [5.41, 5.74) is -4.54. The molecule has 0 nitrogen and oxygen atoms in total. The van der Waals surface area contributed by atoms with Crippen LogP contribution in [0.2, 0.25) is 10.0 Å². The molecule has 0 aromatic heterocycles. The molecule has 8 heteroatoms. The van der Waals surface area contributed by atoms with Crippen molar-refractivity contribution in [1.82, 2.24) is 0 Å². The van der Waals surface area contributed by atoms with Gasteiger partial charge in [0.2, 0.25) is 0 Å². The van der Waals surface area contributed by atoms with Gasteiger partial charge in [-0.3, -0.25) is 0 Å². The third-order valence-electron chi connectivity index (χ3n) is 2.87. The first-order valence-corrected chi connectivity index (χ1v) is 6.51. The lowest BCUT2D eigenvalue weighted by Gasteiger charge is -2.21. The third-order valence-corrected chi connectivity index (χ3v) is 3.66. The Morgan fingerprint density at radius 2 is 1.23 bits per heavy atom. The van der Waals surface area contributed by atoms with E-state index in [1.165, 1.54) is 30.3 Å². The number of hydrogen-bond acceptors (Lipinski definition) is 0. The zero-order valence-corrected chi connectivity index (χ0v) is 12.0. The summed E-state index contributed by atoms with van der Waals surface area (Å²) in [5, 5.41) is -1.76.